The number of nitrogens with one attached hydrogen (secondary N) is 1. The number of rotatable bonds is 5. The molecule has 2 unspecified atom stereocenters. The van der Waals surface area contributed by atoms with Crippen LogP contribution in [-0.4, -0.2) is 38.8 Å². The molecule has 1 N–H and O–H groups in total. The van der Waals surface area contributed by atoms with Gasteiger partial charge in [0.05, 0.1) is 5.69 Å². The van der Waals surface area contributed by atoms with Gasteiger partial charge in [-0.2, -0.15) is 5.10 Å². The largest absolute Gasteiger partial charge is 0.308 e. The second-order valence-corrected chi connectivity index (χ2v) is 7.36. The van der Waals surface area contributed by atoms with Gasteiger partial charge in [-0.25, -0.2) is 0 Å². The number of aromatic nitrogens is 2. The quantitative estimate of drug-likeness (QED) is 0.904. The van der Waals surface area contributed by atoms with E-state index in [9.17, 15) is 0 Å². The summed E-state index contributed by atoms with van der Waals surface area (Å²) in [7, 11) is 0. The van der Waals surface area contributed by atoms with Gasteiger partial charge in [0.1, 0.15) is 0 Å². The first kappa shape index (κ1) is 16.5. The van der Waals surface area contributed by atoms with E-state index in [0.29, 0.717) is 6.04 Å². The molecular weight excluding hydrogens is 260 g/mol. The number of hydrogen-bond acceptors (Lipinski definition) is 3. The van der Waals surface area contributed by atoms with Crippen molar-refractivity contribution in [3.05, 3.63) is 18.0 Å². The average molecular weight is 292 g/mol. The minimum Gasteiger partial charge on any atom is -0.308 e. The summed E-state index contributed by atoms with van der Waals surface area (Å²) in [5.41, 5.74) is 1.62. The fraction of sp³-hybridized carbons (Fsp3) is 0.824. The Morgan fingerprint density at radius 2 is 2.00 bits per heavy atom. The summed E-state index contributed by atoms with van der Waals surface area (Å²) in [6, 6.07) is 2.60. The Bertz CT molecular complexity index is 467. The first-order chi connectivity index (χ1) is 9.82. The fourth-order valence-electron chi connectivity index (χ4n) is 2.96. The van der Waals surface area contributed by atoms with Gasteiger partial charge in [-0.05, 0) is 46.6 Å². The molecule has 0 saturated carbocycles. The normalized spacial score (nSPS) is 31.0. The van der Waals surface area contributed by atoms with Crippen LogP contribution in [0, 0.1) is 0 Å². The van der Waals surface area contributed by atoms with Crippen LogP contribution < -0.4 is 5.32 Å². The summed E-state index contributed by atoms with van der Waals surface area (Å²) in [4.78, 5) is 2.62. The van der Waals surface area contributed by atoms with Crippen LogP contribution in [-0.2, 0) is 6.54 Å². The van der Waals surface area contributed by atoms with Gasteiger partial charge in [-0.15, -0.1) is 0 Å². The summed E-state index contributed by atoms with van der Waals surface area (Å²) in [5.74, 6) is 0. The lowest BCUT2D eigenvalue weighted by Gasteiger charge is -2.52. The Labute approximate surface area is 129 Å². The molecule has 0 aromatic carbocycles. The first-order valence-electron chi connectivity index (χ1n) is 8.36. The maximum atomic E-state index is 4.73. The lowest BCUT2D eigenvalue weighted by Crippen LogP contribution is -2.67. The van der Waals surface area contributed by atoms with E-state index in [1.165, 1.54) is 5.69 Å². The zero-order valence-corrected chi connectivity index (χ0v) is 14.6. The Balaban J connectivity index is 2.16. The molecule has 1 saturated heterocycles. The summed E-state index contributed by atoms with van der Waals surface area (Å²) < 4.78 is 2.06. The van der Waals surface area contributed by atoms with Crippen LogP contribution in [0.25, 0.3) is 0 Å². The topological polar surface area (TPSA) is 33.1 Å². The van der Waals surface area contributed by atoms with Crippen molar-refractivity contribution in [3.63, 3.8) is 0 Å². The van der Waals surface area contributed by atoms with E-state index >= 15 is 0 Å². The highest BCUT2D eigenvalue weighted by Gasteiger charge is 2.41. The Hall–Kier alpha value is -0.870. The minimum atomic E-state index is 0.218. The second kappa shape index (κ2) is 6.09. The van der Waals surface area contributed by atoms with Gasteiger partial charge < -0.3 is 5.32 Å². The van der Waals surface area contributed by atoms with Crippen molar-refractivity contribution < 1.29 is 0 Å². The molecule has 1 aliphatic rings. The van der Waals surface area contributed by atoms with Crippen molar-refractivity contribution in [2.45, 2.75) is 78.0 Å². The maximum absolute atomic E-state index is 4.73. The van der Waals surface area contributed by atoms with Crippen molar-refractivity contribution >= 4 is 0 Å². The third kappa shape index (κ3) is 3.49. The summed E-state index contributed by atoms with van der Waals surface area (Å²) in [5, 5.41) is 8.49. The zero-order chi connectivity index (χ0) is 15.7. The molecule has 120 valence electrons. The van der Waals surface area contributed by atoms with Crippen LogP contribution in [0.5, 0.6) is 0 Å². The van der Waals surface area contributed by atoms with Crippen molar-refractivity contribution in [2.24, 2.45) is 0 Å². The molecule has 1 aromatic rings. The average Bonchev–Trinajstić information content (AvgIpc) is 2.92. The predicted molar refractivity (Wildman–Crippen MR) is 88.4 cm³/mol. The number of piperazine rings is 1. The van der Waals surface area contributed by atoms with Crippen LogP contribution in [0.4, 0.5) is 0 Å². The molecule has 0 bridgehead atoms. The van der Waals surface area contributed by atoms with Gasteiger partial charge in [-0.3, -0.25) is 9.58 Å². The standard InChI is InChI=1S/C17H32N4/c1-7-16(5)13-20(17(6,8-2)12-18-16)11-15-9-10-21(19-15)14(3)4/h9-10,14,18H,7-8,11-13H2,1-6H3. The molecule has 4 nitrogen and oxygen atoms in total. The Kier molecular flexibility index (Phi) is 4.79. The molecule has 2 heterocycles. The second-order valence-electron chi connectivity index (χ2n) is 7.36. The van der Waals surface area contributed by atoms with Gasteiger partial charge in [0.15, 0.2) is 0 Å². The van der Waals surface area contributed by atoms with E-state index < -0.39 is 0 Å². The number of nitrogens with zero attached hydrogens (tertiary/aromatic N) is 3. The summed E-state index contributed by atoms with van der Waals surface area (Å²) in [6.07, 6.45) is 4.42. The monoisotopic (exact) mass is 292 g/mol. The SMILES string of the molecule is CCC1(C)CN(Cc2ccn(C(C)C)n2)C(C)(CC)CN1. The number of hydrogen-bond donors (Lipinski definition) is 1. The van der Waals surface area contributed by atoms with Crippen molar-refractivity contribution in [1.82, 2.24) is 20.0 Å². The van der Waals surface area contributed by atoms with E-state index in [0.717, 1.165) is 32.5 Å². The smallest absolute Gasteiger partial charge is 0.0765 e. The van der Waals surface area contributed by atoms with Gasteiger partial charge in [0.25, 0.3) is 0 Å². The molecule has 2 rings (SSSR count). The third-order valence-corrected chi connectivity index (χ3v) is 5.29. The highest BCUT2D eigenvalue weighted by Crippen LogP contribution is 2.29. The van der Waals surface area contributed by atoms with Crippen molar-refractivity contribution in [2.75, 3.05) is 13.1 Å². The summed E-state index contributed by atoms with van der Waals surface area (Å²) >= 11 is 0. The molecule has 0 radical (unpaired) electrons. The van der Waals surface area contributed by atoms with E-state index in [1.807, 2.05) is 0 Å². The molecule has 1 aliphatic heterocycles. The van der Waals surface area contributed by atoms with E-state index in [1.54, 1.807) is 0 Å². The first-order valence-corrected chi connectivity index (χ1v) is 8.36. The van der Waals surface area contributed by atoms with E-state index in [-0.39, 0.29) is 11.1 Å². The minimum absolute atomic E-state index is 0.218. The van der Waals surface area contributed by atoms with Crippen LogP contribution in [0.1, 0.15) is 66.1 Å². The van der Waals surface area contributed by atoms with Gasteiger partial charge >= 0.3 is 0 Å². The van der Waals surface area contributed by atoms with Crippen LogP contribution >= 0.6 is 0 Å². The lowest BCUT2D eigenvalue weighted by atomic mass is 9.85. The highest BCUT2D eigenvalue weighted by molar-refractivity contribution is 5.06. The maximum Gasteiger partial charge on any atom is 0.0765 e. The van der Waals surface area contributed by atoms with Crippen LogP contribution in [0.2, 0.25) is 0 Å². The molecular formula is C17H32N4. The van der Waals surface area contributed by atoms with Gasteiger partial charge in [0, 0.05) is 43.0 Å². The molecule has 4 heteroatoms. The zero-order valence-electron chi connectivity index (χ0n) is 14.6. The molecule has 1 aromatic heterocycles. The molecule has 21 heavy (non-hydrogen) atoms. The van der Waals surface area contributed by atoms with Crippen LogP contribution in [0.3, 0.4) is 0 Å². The van der Waals surface area contributed by atoms with Crippen molar-refractivity contribution in [1.29, 1.82) is 0 Å². The fourth-order valence-corrected chi connectivity index (χ4v) is 2.96. The predicted octanol–water partition coefficient (Wildman–Crippen LogP) is 3.21. The molecule has 2 atom stereocenters. The van der Waals surface area contributed by atoms with E-state index in [2.05, 4.69) is 68.7 Å². The molecule has 0 amide bonds. The Morgan fingerprint density at radius 3 is 2.52 bits per heavy atom. The molecule has 0 spiro atoms. The molecule has 0 aliphatic carbocycles. The summed E-state index contributed by atoms with van der Waals surface area (Å²) in [6.45, 7) is 16.7. The lowest BCUT2D eigenvalue weighted by molar-refractivity contribution is 0.00940. The molecule has 1 fully saturated rings. The van der Waals surface area contributed by atoms with E-state index in [4.69, 9.17) is 5.10 Å². The van der Waals surface area contributed by atoms with Gasteiger partial charge in [0.2, 0.25) is 0 Å². The van der Waals surface area contributed by atoms with Crippen LogP contribution in [0.15, 0.2) is 12.3 Å². The highest BCUT2D eigenvalue weighted by atomic mass is 15.3. The Morgan fingerprint density at radius 1 is 1.29 bits per heavy atom. The van der Waals surface area contributed by atoms with Crippen molar-refractivity contribution in [3.8, 4) is 0 Å². The third-order valence-electron chi connectivity index (χ3n) is 5.29. The van der Waals surface area contributed by atoms with Gasteiger partial charge in [-0.1, -0.05) is 13.8 Å².